The Hall–Kier alpha value is -2.97. The van der Waals surface area contributed by atoms with E-state index in [0.29, 0.717) is 26.2 Å². The van der Waals surface area contributed by atoms with E-state index in [1.807, 2.05) is 30.5 Å². The highest BCUT2D eigenvalue weighted by molar-refractivity contribution is 7.98. The molecule has 0 fully saturated rings. The van der Waals surface area contributed by atoms with Crippen molar-refractivity contribution in [3.05, 3.63) is 96.4 Å². The monoisotopic (exact) mass is 482 g/mol. The summed E-state index contributed by atoms with van der Waals surface area (Å²) in [7, 11) is 0. The summed E-state index contributed by atoms with van der Waals surface area (Å²) in [4.78, 5) is 32.8. The van der Waals surface area contributed by atoms with E-state index in [4.69, 9.17) is 4.74 Å². The zero-order valence-electron chi connectivity index (χ0n) is 18.7. The lowest BCUT2D eigenvalue weighted by molar-refractivity contribution is -0.143. The number of hydrogen-bond acceptors (Lipinski definition) is 6. The van der Waals surface area contributed by atoms with Crippen LogP contribution in [0.15, 0.2) is 74.5 Å². The largest absolute Gasteiger partial charge is 0.459 e. The van der Waals surface area contributed by atoms with Gasteiger partial charge in [-0.25, -0.2) is 14.2 Å². The molecule has 0 unspecified atom stereocenters. The molecule has 0 aliphatic carbocycles. The Balaban J connectivity index is 1.92. The van der Waals surface area contributed by atoms with Crippen LogP contribution in [0.25, 0.3) is 6.08 Å². The third kappa shape index (κ3) is 4.72. The predicted octanol–water partition coefficient (Wildman–Crippen LogP) is 4.05. The molecule has 0 radical (unpaired) electrons. The molecule has 2 aromatic carbocycles. The maximum absolute atomic E-state index is 13.5. The number of nitrogens with zero attached hydrogens (tertiary/aromatic N) is 2. The van der Waals surface area contributed by atoms with Gasteiger partial charge in [0.1, 0.15) is 5.82 Å². The van der Waals surface area contributed by atoms with E-state index >= 15 is 0 Å². The maximum Gasteiger partial charge on any atom is 0.338 e. The molecular formula is C25H23FN2O3S2. The summed E-state index contributed by atoms with van der Waals surface area (Å²) in [6.07, 6.45) is 3.39. The molecule has 33 heavy (non-hydrogen) atoms. The molecule has 4 rings (SSSR count). The van der Waals surface area contributed by atoms with Crippen molar-refractivity contribution in [3.63, 3.8) is 0 Å². The summed E-state index contributed by atoms with van der Waals surface area (Å²) in [6.45, 7) is 5.33. The topological polar surface area (TPSA) is 60.7 Å². The first kappa shape index (κ1) is 23.2. The van der Waals surface area contributed by atoms with Crippen LogP contribution < -0.4 is 14.9 Å². The van der Waals surface area contributed by atoms with E-state index in [-0.39, 0.29) is 17.5 Å². The molecule has 3 aromatic rings. The van der Waals surface area contributed by atoms with Crippen LogP contribution in [0.1, 0.15) is 37.9 Å². The Morgan fingerprint density at radius 3 is 2.45 bits per heavy atom. The molecule has 1 atom stereocenters. The van der Waals surface area contributed by atoms with Crippen molar-refractivity contribution in [1.29, 1.82) is 0 Å². The number of halogens is 1. The van der Waals surface area contributed by atoms with Crippen LogP contribution in [0.4, 0.5) is 4.39 Å². The number of benzene rings is 2. The van der Waals surface area contributed by atoms with E-state index in [9.17, 15) is 14.0 Å². The smallest absolute Gasteiger partial charge is 0.338 e. The number of fused-ring (bicyclic) bond motifs is 1. The van der Waals surface area contributed by atoms with E-state index in [0.717, 1.165) is 10.5 Å². The standard InChI is InChI=1S/C25H23FN2O3S2/c1-14(2)31-24(30)21-15(3)27-25-28(22(21)17-7-11-19(32-4)12-8-17)23(29)20(33-25)13-16-5-9-18(26)10-6-16/h5-14,22H,1-4H3/b20-13-/t22-/m0/s1. The summed E-state index contributed by atoms with van der Waals surface area (Å²) < 4.78 is 20.8. The Bertz CT molecular complexity index is 1400. The number of aromatic nitrogens is 1. The number of esters is 1. The minimum Gasteiger partial charge on any atom is -0.459 e. The van der Waals surface area contributed by atoms with Crippen molar-refractivity contribution in [2.45, 2.75) is 37.8 Å². The number of carbonyl (C=O) groups is 1. The minimum absolute atomic E-state index is 0.260. The predicted molar refractivity (Wildman–Crippen MR) is 130 cm³/mol. The van der Waals surface area contributed by atoms with Gasteiger partial charge in [-0.15, -0.1) is 11.8 Å². The quantitative estimate of drug-likeness (QED) is 0.407. The van der Waals surface area contributed by atoms with Gasteiger partial charge in [0.25, 0.3) is 5.56 Å². The fourth-order valence-corrected chi connectivity index (χ4v) is 5.13. The molecule has 8 heteroatoms. The highest BCUT2D eigenvalue weighted by Gasteiger charge is 2.33. The highest BCUT2D eigenvalue weighted by atomic mass is 32.2. The van der Waals surface area contributed by atoms with Crippen LogP contribution in [0.5, 0.6) is 0 Å². The Morgan fingerprint density at radius 2 is 1.85 bits per heavy atom. The van der Waals surface area contributed by atoms with Gasteiger partial charge in [-0.2, -0.15) is 0 Å². The first-order chi connectivity index (χ1) is 15.8. The second kappa shape index (κ2) is 9.49. The van der Waals surface area contributed by atoms with Crippen LogP contribution in [-0.2, 0) is 9.53 Å². The van der Waals surface area contributed by atoms with Gasteiger partial charge in [0.05, 0.1) is 27.9 Å². The second-order valence-corrected chi connectivity index (χ2v) is 9.75. The Labute approximate surface area is 199 Å². The van der Waals surface area contributed by atoms with E-state index in [1.165, 1.54) is 23.5 Å². The van der Waals surface area contributed by atoms with Crippen LogP contribution in [0.2, 0.25) is 0 Å². The van der Waals surface area contributed by atoms with Crippen molar-refractivity contribution in [2.75, 3.05) is 6.26 Å². The van der Waals surface area contributed by atoms with E-state index in [2.05, 4.69) is 4.99 Å². The molecule has 2 heterocycles. The van der Waals surface area contributed by atoms with E-state index < -0.39 is 12.0 Å². The molecule has 0 saturated carbocycles. The molecule has 1 aromatic heterocycles. The van der Waals surface area contributed by atoms with Gasteiger partial charge in [-0.05, 0) is 68.5 Å². The first-order valence-corrected chi connectivity index (χ1v) is 12.5. The van der Waals surface area contributed by atoms with Gasteiger partial charge in [0.15, 0.2) is 4.80 Å². The Kier molecular flexibility index (Phi) is 6.67. The lowest BCUT2D eigenvalue weighted by atomic mass is 9.96. The summed E-state index contributed by atoms with van der Waals surface area (Å²) in [5.41, 5.74) is 2.12. The van der Waals surface area contributed by atoms with E-state index in [1.54, 1.807) is 55.3 Å². The maximum atomic E-state index is 13.5. The zero-order valence-corrected chi connectivity index (χ0v) is 20.3. The molecule has 5 nitrogen and oxygen atoms in total. The molecule has 0 N–H and O–H groups in total. The fraction of sp³-hybridized carbons (Fsp3) is 0.240. The van der Waals surface area contributed by atoms with Crippen molar-refractivity contribution in [3.8, 4) is 0 Å². The average Bonchev–Trinajstić information content (AvgIpc) is 3.08. The molecule has 0 amide bonds. The van der Waals surface area contributed by atoms with Crippen molar-refractivity contribution >= 4 is 35.1 Å². The summed E-state index contributed by atoms with van der Waals surface area (Å²) in [6, 6.07) is 13.1. The van der Waals surface area contributed by atoms with Gasteiger partial charge >= 0.3 is 5.97 Å². The number of thioether (sulfide) groups is 1. The van der Waals surface area contributed by atoms with Crippen LogP contribution in [-0.4, -0.2) is 22.9 Å². The molecule has 0 bridgehead atoms. The molecule has 1 aliphatic heterocycles. The summed E-state index contributed by atoms with van der Waals surface area (Å²) in [5.74, 6) is -0.829. The number of ether oxygens (including phenoxy) is 1. The van der Waals surface area contributed by atoms with Crippen LogP contribution >= 0.6 is 23.1 Å². The summed E-state index contributed by atoms with van der Waals surface area (Å²) >= 11 is 2.86. The summed E-state index contributed by atoms with van der Waals surface area (Å²) in [5, 5.41) is 0. The fourth-order valence-electron chi connectivity index (χ4n) is 3.67. The van der Waals surface area contributed by atoms with Crippen molar-refractivity contribution in [1.82, 2.24) is 4.57 Å². The molecule has 0 spiro atoms. The van der Waals surface area contributed by atoms with Gasteiger partial charge < -0.3 is 4.74 Å². The minimum atomic E-state index is -0.654. The SMILES string of the molecule is CSc1ccc([C@H]2C(C(=O)OC(C)C)=C(C)N=c3s/c(=C\c4ccc(F)cc4)c(=O)n32)cc1. The van der Waals surface area contributed by atoms with Gasteiger partial charge in [0, 0.05) is 4.90 Å². The highest BCUT2D eigenvalue weighted by Crippen LogP contribution is 2.32. The lowest BCUT2D eigenvalue weighted by Gasteiger charge is -2.25. The van der Waals surface area contributed by atoms with Gasteiger partial charge in [-0.1, -0.05) is 35.6 Å². The third-order valence-electron chi connectivity index (χ3n) is 5.18. The molecule has 0 saturated heterocycles. The number of thiazole rings is 1. The van der Waals surface area contributed by atoms with Gasteiger partial charge in [-0.3, -0.25) is 9.36 Å². The second-order valence-electron chi connectivity index (χ2n) is 7.86. The van der Waals surface area contributed by atoms with Crippen molar-refractivity contribution < 1.29 is 13.9 Å². The number of hydrogen-bond donors (Lipinski definition) is 0. The van der Waals surface area contributed by atoms with Gasteiger partial charge in [0.2, 0.25) is 0 Å². The lowest BCUT2D eigenvalue weighted by Crippen LogP contribution is -2.40. The average molecular weight is 483 g/mol. The van der Waals surface area contributed by atoms with Crippen LogP contribution in [0, 0.1) is 5.82 Å². The van der Waals surface area contributed by atoms with Crippen LogP contribution in [0.3, 0.4) is 0 Å². The Morgan fingerprint density at radius 1 is 1.18 bits per heavy atom. The molecular weight excluding hydrogens is 459 g/mol. The number of carbonyl (C=O) groups excluding carboxylic acids is 1. The van der Waals surface area contributed by atoms with Crippen molar-refractivity contribution in [2.24, 2.45) is 4.99 Å². The number of allylic oxidation sites excluding steroid dienone is 1. The third-order valence-corrected chi connectivity index (χ3v) is 6.91. The normalized spacial score (nSPS) is 16.1. The number of rotatable bonds is 5. The molecule has 170 valence electrons. The first-order valence-electron chi connectivity index (χ1n) is 10.4. The molecule has 1 aliphatic rings. The zero-order chi connectivity index (χ0) is 23.7.